The van der Waals surface area contributed by atoms with Crippen molar-refractivity contribution in [1.29, 1.82) is 0 Å². The van der Waals surface area contributed by atoms with E-state index in [2.05, 4.69) is 15.2 Å². The molecule has 148 valence electrons. The number of aromatic nitrogens is 1. The Morgan fingerprint density at radius 1 is 1.11 bits per heavy atom. The zero-order valence-corrected chi connectivity index (χ0v) is 16.2. The van der Waals surface area contributed by atoms with Crippen LogP contribution in [-0.4, -0.2) is 60.7 Å². The largest absolute Gasteiger partial charge is 0.450 e. The van der Waals surface area contributed by atoms with Crippen LogP contribution in [0.1, 0.15) is 55.8 Å². The highest BCUT2D eigenvalue weighted by Gasteiger charge is 2.23. The van der Waals surface area contributed by atoms with Crippen molar-refractivity contribution in [3.8, 4) is 0 Å². The van der Waals surface area contributed by atoms with E-state index >= 15 is 0 Å². The van der Waals surface area contributed by atoms with Gasteiger partial charge in [0.15, 0.2) is 0 Å². The molecule has 3 rings (SSSR count). The summed E-state index contributed by atoms with van der Waals surface area (Å²) in [4.78, 5) is 32.6. The first-order valence-corrected chi connectivity index (χ1v) is 10.1. The Kier molecular flexibility index (Phi) is 6.90. The van der Waals surface area contributed by atoms with Gasteiger partial charge in [0.25, 0.3) is 5.91 Å². The zero-order valence-electron chi connectivity index (χ0n) is 16.2. The highest BCUT2D eigenvalue weighted by Crippen LogP contribution is 2.20. The van der Waals surface area contributed by atoms with Gasteiger partial charge >= 0.3 is 6.09 Å². The van der Waals surface area contributed by atoms with Crippen molar-refractivity contribution < 1.29 is 14.3 Å². The lowest BCUT2D eigenvalue weighted by Gasteiger charge is -2.35. The van der Waals surface area contributed by atoms with Crippen LogP contribution in [0.5, 0.6) is 0 Å². The van der Waals surface area contributed by atoms with E-state index in [1.165, 1.54) is 25.7 Å². The highest BCUT2D eigenvalue weighted by atomic mass is 16.6. The summed E-state index contributed by atoms with van der Waals surface area (Å²) < 4.78 is 5.06. The van der Waals surface area contributed by atoms with Crippen LogP contribution < -0.4 is 10.2 Å². The second-order valence-corrected chi connectivity index (χ2v) is 7.27. The normalized spacial score (nSPS) is 18.7. The van der Waals surface area contributed by atoms with E-state index in [1.807, 2.05) is 13.0 Å². The number of ether oxygens (including phenoxy) is 1. The molecule has 2 heterocycles. The van der Waals surface area contributed by atoms with Crippen LogP contribution in [0.3, 0.4) is 0 Å². The summed E-state index contributed by atoms with van der Waals surface area (Å²) in [6.45, 7) is 4.82. The second kappa shape index (κ2) is 9.58. The fraction of sp³-hybridized carbons (Fsp3) is 0.650. The minimum Gasteiger partial charge on any atom is -0.450 e. The van der Waals surface area contributed by atoms with E-state index < -0.39 is 0 Å². The van der Waals surface area contributed by atoms with Gasteiger partial charge in [0.05, 0.1) is 24.1 Å². The summed E-state index contributed by atoms with van der Waals surface area (Å²) >= 11 is 0. The number of anilines is 1. The van der Waals surface area contributed by atoms with Gasteiger partial charge in [0.2, 0.25) is 0 Å². The standard InChI is InChI=1S/C20H30N4O3/c1-2-27-20(26)24-11-9-23(10-12-24)18-13-16(14-21-15-18)19(25)22-17-7-5-3-4-6-8-17/h13-15,17H,2-12H2,1H3,(H,22,25). The molecule has 1 aliphatic heterocycles. The molecule has 1 aromatic rings. The molecule has 7 heteroatoms. The van der Waals surface area contributed by atoms with Crippen LogP contribution in [0.4, 0.5) is 10.5 Å². The highest BCUT2D eigenvalue weighted by molar-refractivity contribution is 5.95. The number of rotatable bonds is 4. The van der Waals surface area contributed by atoms with Crippen molar-refractivity contribution in [2.45, 2.75) is 51.5 Å². The molecule has 27 heavy (non-hydrogen) atoms. The number of hydrogen-bond acceptors (Lipinski definition) is 5. The molecule has 0 aromatic carbocycles. The molecule has 1 aliphatic carbocycles. The zero-order chi connectivity index (χ0) is 19.1. The molecular weight excluding hydrogens is 344 g/mol. The average molecular weight is 374 g/mol. The maximum absolute atomic E-state index is 12.6. The number of nitrogens with zero attached hydrogens (tertiary/aromatic N) is 3. The average Bonchev–Trinajstić information content (AvgIpc) is 2.97. The van der Waals surface area contributed by atoms with Gasteiger partial charge in [0.1, 0.15) is 0 Å². The van der Waals surface area contributed by atoms with E-state index in [-0.39, 0.29) is 18.0 Å². The number of hydrogen-bond donors (Lipinski definition) is 1. The Morgan fingerprint density at radius 3 is 2.48 bits per heavy atom. The topological polar surface area (TPSA) is 74.8 Å². The van der Waals surface area contributed by atoms with Gasteiger partial charge in [-0.15, -0.1) is 0 Å². The second-order valence-electron chi connectivity index (χ2n) is 7.27. The van der Waals surface area contributed by atoms with Gasteiger partial charge in [-0.05, 0) is 25.8 Å². The molecule has 2 amide bonds. The van der Waals surface area contributed by atoms with Crippen LogP contribution in [0.2, 0.25) is 0 Å². The molecule has 0 spiro atoms. The van der Waals surface area contributed by atoms with Gasteiger partial charge < -0.3 is 19.9 Å². The van der Waals surface area contributed by atoms with Gasteiger partial charge in [0, 0.05) is 38.4 Å². The Labute approximate surface area is 161 Å². The van der Waals surface area contributed by atoms with Gasteiger partial charge in [-0.25, -0.2) is 4.79 Å². The number of carbonyl (C=O) groups excluding carboxylic acids is 2. The first kappa shape index (κ1) is 19.5. The lowest BCUT2D eigenvalue weighted by atomic mass is 10.1. The Bertz CT molecular complexity index is 636. The van der Waals surface area contributed by atoms with Gasteiger partial charge in [-0.1, -0.05) is 25.7 Å². The summed E-state index contributed by atoms with van der Waals surface area (Å²) in [5.41, 5.74) is 1.52. The molecule has 1 saturated carbocycles. The van der Waals surface area contributed by atoms with Gasteiger partial charge in [-0.2, -0.15) is 0 Å². The minimum absolute atomic E-state index is 0.0404. The number of nitrogens with one attached hydrogen (secondary N) is 1. The maximum atomic E-state index is 12.6. The summed E-state index contributed by atoms with van der Waals surface area (Å²) in [6, 6.07) is 2.18. The van der Waals surface area contributed by atoms with Crippen LogP contribution in [0, 0.1) is 0 Å². The molecule has 0 bridgehead atoms. The maximum Gasteiger partial charge on any atom is 0.409 e. The number of carbonyl (C=O) groups is 2. The molecule has 2 aliphatic rings. The predicted molar refractivity (Wildman–Crippen MR) is 104 cm³/mol. The molecule has 7 nitrogen and oxygen atoms in total. The van der Waals surface area contributed by atoms with E-state index in [9.17, 15) is 9.59 Å². The minimum atomic E-state index is -0.258. The fourth-order valence-corrected chi connectivity index (χ4v) is 3.78. The predicted octanol–water partition coefficient (Wildman–Crippen LogP) is 2.81. The third-order valence-electron chi connectivity index (χ3n) is 5.35. The summed E-state index contributed by atoms with van der Waals surface area (Å²) in [5.74, 6) is -0.0404. The molecule has 1 saturated heterocycles. The van der Waals surface area contributed by atoms with Gasteiger partial charge in [-0.3, -0.25) is 9.78 Å². The Balaban J connectivity index is 1.57. The summed E-state index contributed by atoms with van der Waals surface area (Å²) in [6.07, 6.45) is 10.2. The van der Waals surface area contributed by atoms with Crippen LogP contribution in [0.25, 0.3) is 0 Å². The number of pyridine rings is 1. The molecule has 1 aromatic heterocycles. The van der Waals surface area contributed by atoms with Crippen molar-refractivity contribution in [1.82, 2.24) is 15.2 Å². The van der Waals surface area contributed by atoms with E-state index in [4.69, 9.17) is 4.74 Å². The van der Waals surface area contributed by atoms with Crippen molar-refractivity contribution in [3.63, 3.8) is 0 Å². The van der Waals surface area contributed by atoms with Crippen LogP contribution >= 0.6 is 0 Å². The molecule has 2 fully saturated rings. The smallest absolute Gasteiger partial charge is 0.409 e. The van der Waals surface area contributed by atoms with Crippen molar-refractivity contribution in [3.05, 3.63) is 24.0 Å². The Morgan fingerprint density at radius 2 is 1.81 bits per heavy atom. The molecule has 0 atom stereocenters. The Hall–Kier alpha value is -2.31. The van der Waals surface area contributed by atoms with Crippen LogP contribution in [-0.2, 0) is 4.74 Å². The first-order valence-electron chi connectivity index (χ1n) is 10.1. The van der Waals surface area contributed by atoms with E-state index in [0.29, 0.717) is 38.3 Å². The van der Waals surface area contributed by atoms with Crippen molar-refractivity contribution in [2.75, 3.05) is 37.7 Å². The third kappa shape index (κ3) is 5.34. The summed E-state index contributed by atoms with van der Waals surface area (Å²) in [7, 11) is 0. The molecule has 0 unspecified atom stereocenters. The molecule has 0 radical (unpaired) electrons. The van der Waals surface area contributed by atoms with E-state index in [0.717, 1.165) is 18.5 Å². The monoisotopic (exact) mass is 374 g/mol. The SMILES string of the molecule is CCOC(=O)N1CCN(c2cncc(C(=O)NC3CCCCCC3)c2)CC1. The van der Waals surface area contributed by atoms with E-state index in [1.54, 1.807) is 17.3 Å². The third-order valence-corrected chi connectivity index (χ3v) is 5.35. The fourth-order valence-electron chi connectivity index (χ4n) is 3.78. The summed E-state index contributed by atoms with van der Waals surface area (Å²) in [5, 5.41) is 3.17. The molecular formula is C20H30N4O3. The van der Waals surface area contributed by atoms with Crippen molar-refractivity contribution in [2.24, 2.45) is 0 Å². The molecule has 1 N–H and O–H groups in total. The number of amides is 2. The lowest BCUT2D eigenvalue weighted by Crippen LogP contribution is -2.49. The number of piperazine rings is 1. The van der Waals surface area contributed by atoms with Crippen LogP contribution in [0.15, 0.2) is 18.5 Å². The quantitative estimate of drug-likeness (QED) is 0.821. The first-order chi connectivity index (χ1) is 13.2. The van der Waals surface area contributed by atoms with Crippen molar-refractivity contribution >= 4 is 17.7 Å². The lowest BCUT2D eigenvalue weighted by molar-refractivity contribution is 0.0932.